The highest BCUT2D eigenvalue weighted by molar-refractivity contribution is 9.10. The molecule has 0 nitrogen and oxygen atoms in total. The van der Waals surface area contributed by atoms with Gasteiger partial charge in [0.15, 0.2) is 0 Å². The van der Waals surface area contributed by atoms with E-state index < -0.39 is 0 Å². The first-order valence-corrected chi connectivity index (χ1v) is 12.2. The lowest BCUT2D eigenvalue weighted by atomic mass is 9.83. The lowest BCUT2D eigenvalue weighted by Gasteiger charge is -2.20. The van der Waals surface area contributed by atoms with Crippen molar-refractivity contribution in [1.82, 2.24) is 0 Å². The quantitative estimate of drug-likeness (QED) is 0.222. The molecule has 1 aliphatic rings. The van der Waals surface area contributed by atoms with Gasteiger partial charge in [0.25, 0.3) is 0 Å². The van der Waals surface area contributed by atoms with Crippen LogP contribution in [0.1, 0.15) is 18.4 Å². The molecule has 0 radical (unpaired) electrons. The molecule has 1 aliphatic carbocycles. The van der Waals surface area contributed by atoms with Gasteiger partial charge >= 0.3 is 0 Å². The third-order valence-electron chi connectivity index (χ3n) is 6.60. The molecule has 0 bridgehead atoms. The molecule has 6 rings (SSSR count). The monoisotopic (exact) mass is 486 g/mol. The Labute approximate surface area is 203 Å². The molecule has 0 heterocycles. The van der Waals surface area contributed by atoms with Gasteiger partial charge in [0.2, 0.25) is 0 Å². The molecule has 0 N–H and O–H groups in total. The van der Waals surface area contributed by atoms with Crippen LogP contribution in [-0.2, 0) is 0 Å². The van der Waals surface area contributed by atoms with Crippen LogP contribution in [0.5, 0.6) is 0 Å². The van der Waals surface area contributed by atoms with Gasteiger partial charge in [-0.15, -0.1) is 0 Å². The van der Waals surface area contributed by atoms with Gasteiger partial charge in [-0.25, -0.2) is 0 Å². The normalized spacial score (nSPS) is 13.4. The molecule has 0 aliphatic heterocycles. The van der Waals surface area contributed by atoms with E-state index in [1.54, 1.807) is 0 Å². The molecule has 5 aromatic rings. The number of fused-ring (bicyclic) bond motifs is 2. The number of hydrogen-bond acceptors (Lipinski definition) is 0. The Hall–Kier alpha value is -3.42. The fraction of sp³-hybridized carbons (Fsp3) is 0.0625. The maximum atomic E-state index is 3.57. The van der Waals surface area contributed by atoms with Crippen LogP contribution in [0.4, 0.5) is 0 Å². The van der Waals surface area contributed by atoms with Crippen molar-refractivity contribution in [3.05, 3.63) is 125 Å². The SMILES string of the molecule is Brc1ccc(-c2ccc3c(-c4ccccc4)c4ccccc4c(C4=CC=CCC4)c3c2)cc1. The summed E-state index contributed by atoms with van der Waals surface area (Å²) >= 11 is 3.57. The van der Waals surface area contributed by atoms with Crippen LogP contribution in [-0.4, -0.2) is 0 Å². The summed E-state index contributed by atoms with van der Waals surface area (Å²) in [6.45, 7) is 0. The minimum Gasteiger partial charge on any atom is -0.0842 e. The number of hydrogen-bond donors (Lipinski definition) is 0. The third-order valence-corrected chi connectivity index (χ3v) is 7.13. The van der Waals surface area contributed by atoms with Gasteiger partial charge in [-0.3, -0.25) is 0 Å². The maximum absolute atomic E-state index is 3.57. The molecule has 1 heteroatoms. The Morgan fingerprint density at radius 3 is 1.94 bits per heavy atom. The number of halogens is 1. The summed E-state index contributed by atoms with van der Waals surface area (Å²) in [7, 11) is 0. The third kappa shape index (κ3) is 3.63. The smallest absolute Gasteiger partial charge is 0.0175 e. The van der Waals surface area contributed by atoms with Crippen molar-refractivity contribution in [3.63, 3.8) is 0 Å². The standard InChI is InChI=1S/C32H23Br/c33-26-18-15-22(16-19-26)25-17-20-29-30(21-25)32(24-11-5-2-6-12-24)28-14-8-7-13-27(28)31(29)23-9-3-1-4-10-23/h1-5,7-11,13-21H,6,12H2. The lowest BCUT2D eigenvalue weighted by molar-refractivity contribution is 1.06. The van der Waals surface area contributed by atoms with Crippen LogP contribution in [0, 0.1) is 0 Å². The van der Waals surface area contributed by atoms with Crippen molar-refractivity contribution < 1.29 is 0 Å². The van der Waals surface area contributed by atoms with Gasteiger partial charge in [-0.1, -0.05) is 113 Å². The van der Waals surface area contributed by atoms with Crippen LogP contribution in [0.15, 0.2) is 120 Å². The first-order chi connectivity index (χ1) is 16.3. The summed E-state index contributed by atoms with van der Waals surface area (Å²) in [5.41, 5.74) is 7.86. The van der Waals surface area contributed by atoms with Crippen molar-refractivity contribution in [2.75, 3.05) is 0 Å². The summed E-state index contributed by atoms with van der Waals surface area (Å²) in [4.78, 5) is 0. The zero-order valence-corrected chi connectivity index (χ0v) is 19.8. The van der Waals surface area contributed by atoms with Crippen molar-refractivity contribution in [1.29, 1.82) is 0 Å². The van der Waals surface area contributed by atoms with Gasteiger partial charge in [0.05, 0.1) is 0 Å². The summed E-state index contributed by atoms with van der Waals surface area (Å²) in [5.74, 6) is 0. The predicted molar refractivity (Wildman–Crippen MR) is 146 cm³/mol. The van der Waals surface area contributed by atoms with Crippen molar-refractivity contribution >= 4 is 43.0 Å². The van der Waals surface area contributed by atoms with E-state index in [0.717, 1.165) is 17.3 Å². The summed E-state index contributed by atoms with van der Waals surface area (Å²) in [5, 5.41) is 5.29. The zero-order chi connectivity index (χ0) is 22.2. The van der Waals surface area contributed by atoms with E-state index in [1.807, 2.05) is 0 Å². The first kappa shape index (κ1) is 20.2. The van der Waals surface area contributed by atoms with Crippen LogP contribution < -0.4 is 0 Å². The fourth-order valence-corrected chi connectivity index (χ4v) is 5.34. The van der Waals surface area contributed by atoms with Crippen molar-refractivity contribution in [3.8, 4) is 22.3 Å². The number of benzene rings is 5. The van der Waals surface area contributed by atoms with Crippen LogP contribution in [0.3, 0.4) is 0 Å². The highest BCUT2D eigenvalue weighted by Crippen LogP contribution is 2.44. The molecule has 158 valence electrons. The van der Waals surface area contributed by atoms with Crippen molar-refractivity contribution in [2.24, 2.45) is 0 Å². The molecular weight excluding hydrogens is 464 g/mol. The molecule has 0 atom stereocenters. The van der Waals surface area contributed by atoms with E-state index in [-0.39, 0.29) is 0 Å². The number of rotatable bonds is 3. The minimum absolute atomic E-state index is 1.07. The Kier molecular flexibility index (Phi) is 5.20. The Balaban J connectivity index is 1.75. The molecule has 0 spiro atoms. The highest BCUT2D eigenvalue weighted by atomic mass is 79.9. The van der Waals surface area contributed by atoms with E-state index in [9.17, 15) is 0 Å². The molecule has 0 unspecified atom stereocenters. The molecule has 0 saturated heterocycles. The van der Waals surface area contributed by atoms with Gasteiger partial charge in [-0.05, 0) is 86.0 Å². The first-order valence-electron chi connectivity index (χ1n) is 11.5. The maximum Gasteiger partial charge on any atom is 0.0175 e. The van der Waals surface area contributed by atoms with E-state index in [1.165, 1.54) is 54.9 Å². The van der Waals surface area contributed by atoms with E-state index in [0.29, 0.717) is 0 Å². The van der Waals surface area contributed by atoms with Crippen molar-refractivity contribution in [2.45, 2.75) is 12.8 Å². The largest absolute Gasteiger partial charge is 0.0842 e. The topological polar surface area (TPSA) is 0 Å². The fourth-order valence-electron chi connectivity index (χ4n) is 5.07. The van der Waals surface area contributed by atoms with E-state index in [2.05, 4.69) is 131 Å². The van der Waals surface area contributed by atoms with E-state index >= 15 is 0 Å². The van der Waals surface area contributed by atoms with Crippen LogP contribution >= 0.6 is 15.9 Å². The molecule has 0 fully saturated rings. The van der Waals surface area contributed by atoms with Gasteiger partial charge in [-0.2, -0.15) is 0 Å². The summed E-state index contributed by atoms with van der Waals surface area (Å²) in [6.07, 6.45) is 8.94. The lowest BCUT2D eigenvalue weighted by Crippen LogP contribution is -1.96. The molecular formula is C32H23Br. The predicted octanol–water partition coefficient (Wildman–Crippen LogP) is 9.82. The van der Waals surface area contributed by atoms with Gasteiger partial charge < -0.3 is 0 Å². The molecule has 0 amide bonds. The number of allylic oxidation sites excluding steroid dienone is 4. The Morgan fingerprint density at radius 1 is 0.545 bits per heavy atom. The second-order valence-corrected chi connectivity index (χ2v) is 9.50. The van der Waals surface area contributed by atoms with E-state index in [4.69, 9.17) is 0 Å². The average molecular weight is 487 g/mol. The minimum atomic E-state index is 1.07. The van der Waals surface area contributed by atoms with Gasteiger partial charge in [0.1, 0.15) is 0 Å². The molecule has 33 heavy (non-hydrogen) atoms. The van der Waals surface area contributed by atoms with Crippen LogP contribution in [0.2, 0.25) is 0 Å². The second kappa shape index (κ2) is 8.50. The molecule has 0 aromatic heterocycles. The highest BCUT2D eigenvalue weighted by Gasteiger charge is 2.18. The Bertz CT molecular complexity index is 1540. The second-order valence-electron chi connectivity index (χ2n) is 8.59. The van der Waals surface area contributed by atoms with Gasteiger partial charge in [0, 0.05) is 4.47 Å². The zero-order valence-electron chi connectivity index (χ0n) is 18.3. The average Bonchev–Trinajstić information content (AvgIpc) is 2.88. The summed E-state index contributed by atoms with van der Waals surface area (Å²) < 4.78 is 1.10. The molecule has 0 saturated carbocycles. The summed E-state index contributed by atoms with van der Waals surface area (Å²) in [6, 6.07) is 35.3. The van der Waals surface area contributed by atoms with Crippen LogP contribution in [0.25, 0.3) is 49.4 Å². The Morgan fingerprint density at radius 2 is 1.21 bits per heavy atom. The molecule has 5 aromatic carbocycles.